The molecule has 2 heterocycles. The standard InChI is InChI=1S/C16H25N3OS/c1-6-18-10-11-21-13(18)9-8-12-14(16(3,4)5)17-19(7-2)15(12)20/h8,17H,6-7,10-11H2,1-5H3. The summed E-state index contributed by atoms with van der Waals surface area (Å²) >= 11 is 1.81. The number of rotatable bonds is 3. The van der Waals surface area contributed by atoms with Gasteiger partial charge in [0.1, 0.15) is 5.03 Å². The van der Waals surface area contributed by atoms with Crippen LogP contribution in [0.25, 0.3) is 6.08 Å². The van der Waals surface area contributed by atoms with Gasteiger partial charge in [-0.2, -0.15) is 0 Å². The molecule has 0 radical (unpaired) electrons. The minimum atomic E-state index is -0.0922. The van der Waals surface area contributed by atoms with Crippen LogP contribution in [0.4, 0.5) is 0 Å². The third-order valence-corrected chi connectivity index (χ3v) is 4.70. The van der Waals surface area contributed by atoms with Crippen molar-refractivity contribution in [2.24, 2.45) is 0 Å². The molecule has 1 aromatic heterocycles. The number of hydrogen-bond donors (Lipinski definition) is 1. The molecule has 1 aliphatic heterocycles. The minimum Gasteiger partial charge on any atom is -0.359 e. The van der Waals surface area contributed by atoms with E-state index in [0.717, 1.165) is 35.1 Å². The third kappa shape index (κ3) is 3.30. The van der Waals surface area contributed by atoms with Gasteiger partial charge in [-0.05, 0) is 19.9 Å². The Bertz CT molecular complexity index is 627. The topological polar surface area (TPSA) is 41.0 Å². The van der Waals surface area contributed by atoms with Crippen LogP contribution in [0.1, 0.15) is 45.9 Å². The van der Waals surface area contributed by atoms with Gasteiger partial charge in [0.25, 0.3) is 5.56 Å². The van der Waals surface area contributed by atoms with Crippen LogP contribution in [-0.2, 0) is 12.0 Å². The number of aromatic nitrogens is 2. The molecule has 4 nitrogen and oxygen atoms in total. The Balaban J connectivity index is 2.51. The van der Waals surface area contributed by atoms with Crippen molar-refractivity contribution in [2.45, 2.75) is 46.6 Å². The lowest BCUT2D eigenvalue weighted by atomic mass is 9.89. The molecule has 116 valence electrons. The predicted octanol–water partition coefficient (Wildman–Crippen LogP) is 3.02. The van der Waals surface area contributed by atoms with E-state index in [1.54, 1.807) is 4.68 Å². The Labute approximate surface area is 130 Å². The lowest BCUT2D eigenvalue weighted by molar-refractivity contribution is 0.426. The Morgan fingerprint density at radius 2 is 2.05 bits per heavy atom. The highest BCUT2D eigenvalue weighted by Crippen LogP contribution is 2.27. The molecule has 1 aliphatic rings. The Morgan fingerprint density at radius 1 is 1.33 bits per heavy atom. The lowest BCUT2D eigenvalue weighted by Crippen LogP contribution is -2.17. The largest absolute Gasteiger partial charge is 0.359 e. The number of hydrogen-bond acceptors (Lipinski definition) is 3. The van der Waals surface area contributed by atoms with Crippen LogP contribution in [0, 0.1) is 0 Å². The molecule has 1 N–H and O–H groups in total. The first kappa shape index (κ1) is 16.1. The summed E-state index contributed by atoms with van der Waals surface area (Å²) in [4.78, 5) is 14.7. The molecule has 21 heavy (non-hydrogen) atoms. The molecule has 0 amide bonds. The highest BCUT2D eigenvalue weighted by atomic mass is 32.2. The van der Waals surface area contributed by atoms with Crippen LogP contribution in [-0.4, -0.2) is 33.5 Å². The molecule has 0 spiro atoms. The minimum absolute atomic E-state index is 0.0431. The summed E-state index contributed by atoms with van der Waals surface area (Å²) in [6.45, 7) is 13.2. The van der Waals surface area contributed by atoms with E-state index >= 15 is 0 Å². The maximum atomic E-state index is 12.5. The highest BCUT2D eigenvalue weighted by molar-refractivity contribution is 8.03. The average Bonchev–Trinajstić information content (AvgIpc) is 2.99. The molecule has 5 heteroatoms. The zero-order valence-electron chi connectivity index (χ0n) is 13.6. The van der Waals surface area contributed by atoms with Crippen molar-refractivity contribution in [3.8, 4) is 0 Å². The first-order valence-electron chi connectivity index (χ1n) is 7.56. The van der Waals surface area contributed by atoms with Crippen molar-refractivity contribution in [3.63, 3.8) is 0 Å². The Hall–Kier alpha value is -1.32. The molecular formula is C16H25N3OS. The maximum Gasteiger partial charge on any atom is 0.274 e. The quantitative estimate of drug-likeness (QED) is 0.873. The molecule has 1 aromatic rings. The van der Waals surface area contributed by atoms with Gasteiger partial charge in [0.2, 0.25) is 0 Å². The third-order valence-electron chi connectivity index (χ3n) is 3.67. The Morgan fingerprint density at radius 3 is 2.62 bits per heavy atom. The molecule has 0 atom stereocenters. The normalized spacial score (nSPS) is 15.5. The summed E-state index contributed by atoms with van der Waals surface area (Å²) in [5.41, 5.74) is 5.00. The zero-order chi connectivity index (χ0) is 15.6. The van der Waals surface area contributed by atoms with Gasteiger partial charge in [0, 0.05) is 30.8 Å². The summed E-state index contributed by atoms with van der Waals surface area (Å²) in [6.07, 6.45) is 1.86. The van der Waals surface area contributed by atoms with Crippen LogP contribution in [0.3, 0.4) is 0 Å². The van der Waals surface area contributed by atoms with Gasteiger partial charge in [-0.25, -0.2) is 0 Å². The van der Waals surface area contributed by atoms with Gasteiger partial charge in [-0.3, -0.25) is 14.6 Å². The van der Waals surface area contributed by atoms with Crippen molar-refractivity contribution < 1.29 is 0 Å². The average molecular weight is 307 g/mol. The van der Waals surface area contributed by atoms with Crippen LogP contribution >= 0.6 is 11.8 Å². The molecule has 0 saturated carbocycles. The second kappa shape index (κ2) is 6.20. The van der Waals surface area contributed by atoms with Crippen LogP contribution in [0.2, 0.25) is 0 Å². The molecule has 0 aliphatic carbocycles. The van der Waals surface area contributed by atoms with Gasteiger partial charge in [0.05, 0.1) is 11.3 Å². The maximum absolute atomic E-state index is 12.5. The van der Waals surface area contributed by atoms with Gasteiger partial charge >= 0.3 is 0 Å². The molecule has 0 unspecified atom stereocenters. The molecule has 0 bridgehead atoms. The van der Waals surface area contributed by atoms with E-state index in [-0.39, 0.29) is 11.0 Å². The number of nitrogens with zero attached hydrogens (tertiary/aromatic N) is 2. The molecule has 1 saturated heterocycles. The Kier molecular flexibility index (Phi) is 4.74. The smallest absolute Gasteiger partial charge is 0.274 e. The fourth-order valence-electron chi connectivity index (χ4n) is 2.44. The van der Waals surface area contributed by atoms with E-state index < -0.39 is 0 Å². The summed E-state index contributed by atoms with van der Waals surface area (Å²) in [5, 5.41) is 4.38. The molecular weight excluding hydrogens is 282 g/mol. The summed E-state index contributed by atoms with van der Waals surface area (Å²) in [7, 11) is 0. The highest BCUT2D eigenvalue weighted by Gasteiger charge is 2.23. The second-order valence-corrected chi connectivity index (χ2v) is 7.31. The van der Waals surface area contributed by atoms with E-state index in [4.69, 9.17) is 0 Å². The van der Waals surface area contributed by atoms with Crippen molar-refractivity contribution in [1.82, 2.24) is 14.7 Å². The number of H-pyrrole nitrogens is 1. The fraction of sp³-hybridized carbons (Fsp3) is 0.625. The van der Waals surface area contributed by atoms with E-state index in [9.17, 15) is 4.79 Å². The predicted molar refractivity (Wildman–Crippen MR) is 90.6 cm³/mol. The first-order chi connectivity index (χ1) is 9.88. The monoisotopic (exact) mass is 307 g/mol. The van der Waals surface area contributed by atoms with Gasteiger partial charge in [0.15, 0.2) is 0 Å². The number of thioether (sulfide) groups is 1. The molecule has 1 fully saturated rings. The summed E-state index contributed by atoms with van der Waals surface area (Å²) in [5.74, 6) is 1.10. The number of aromatic amines is 1. The van der Waals surface area contributed by atoms with E-state index in [1.807, 2.05) is 24.8 Å². The van der Waals surface area contributed by atoms with E-state index in [2.05, 4.69) is 43.4 Å². The SMILES string of the molecule is CCN1CCSC1=C=Cc1c(C(C)(C)C)[nH]n(CC)c1=O. The molecule has 0 aromatic carbocycles. The summed E-state index contributed by atoms with van der Waals surface area (Å²) < 4.78 is 1.66. The zero-order valence-corrected chi connectivity index (χ0v) is 14.4. The number of nitrogens with one attached hydrogen (secondary N) is 1. The molecule has 2 rings (SSSR count). The van der Waals surface area contributed by atoms with Crippen LogP contribution in [0.5, 0.6) is 0 Å². The van der Waals surface area contributed by atoms with Crippen molar-refractivity contribution in [3.05, 3.63) is 32.4 Å². The van der Waals surface area contributed by atoms with Crippen molar-refractivity contribution >= 4 is 17.8 Å². The van der Waals surface area contributed by atoms with Crippen LogP contribution < -0.4 is 5.56 Å². The van der Waals surface area contributed by atoms with Crippen LogP contribution in [0.15, 0.2) is 15.6 Å². The van der Waals surface area contributed by atoms with E-state index in [1.165, 1.54) is 0 Å². The second-order valence-electron chi connectivity index (χ2n) is 6.22. The van der Waals surface area contributed by atoms with Crippen molar-refractivity contribution in [2.75, 3.05) is 18.8 Å². The summed E-state index contributed by atoms with van der Waals surface area (Å²) in [6, 6.07) is 0. The first-order valence-corrected chi connectivity index (χ1v) is 8.54. The van der Waals surface area contributed by atoms with Gasteiger partial charge < -0.3 is 4.90 Å². The van der Waals surface area contributed by atoms with Crippen molar-refractivity contribution in [1.29, 1.82) is 0 Å². The van der Waals surface area contributed by atoms with Gasteiger partial charge in [-0.15, -0.1) is 0 Å². The number of aryl methyl sites for hydroxylation is 1. The van der Waals surface area contributed by atoms with Gasteiger partial charge in [-0.1, -0.05) is 38.3 Å². The lowest BCUT2D eigenvalue weighted by Gasteiger charge is -2.17. The fourth-order valence-corrected chi connectivity index (χ4v) is 3.49. The van der Waals surface area contributed by atoms with E-state index in [0.29, 0.717) is 6.54 Å².